The van der Waals surface area contributed by atoms with E-state index in [9.17, 15) is 4.79 Å². The minimum absolute atomic E-state index is 0.0668. The van der Waals surface area contributed by atoms with E-state index in [1.54, 1.807) is 6.20 Å². The molecule has 140 valence electrons. The molecule has 0 saturated carbocycles. The summed E-state index contributed by atoms with van der Waals surface area (Å²) < 4.78 is 1.94. The van der Waals surface area contributed by atoms with E-state index in [1.165, 1.54) is 6.33 Å². The summed E-state index contributed by atoms with van der Waals surface area (Å²) in [6.07, 6.45) is 6.93. The van der Waals surface area contributed by atoms with Crippen molar-refractivity contribution < 1.29 is 4.79 Å². The van der Waals surface area contributed by atoms with Gasteiger partial charge in [0.1, 0.15) is 24.0 Å². The first kappa shape index (κ1) is 17.3. The normalized spacial score (nSPS) is 16.3. The molecule has 1 fully saturated rings. The Balaban J connectivity index is 1.46. The SMILES string of the molecule is Cn1ccnc1C(NC(=O)N1CCC(c2ncn[nH]2)CC1)c1ccccc1. The van der Waals surface area contributed by atoms with Crippen LogP contribution in [0, 0.1) is 0 Å². The molecule has 3 heterocycles. The smallest absolute Gasteiger partial charge is 0.318 e. The molecule has 1 aromatic carbocycles. The molecule has 2 N–H and O–H groups in total. The Kier molecular flexibility index (Phi) is 4.86. The van der Waals surface area contributed by atoms with Crippen LogP contribution in [0.15, 0.2) is 49.1 Å². The van der Waals surface area contributed by atoms with Gasteiger partial charge in [0.15, 0.2) is 0 Å². The van der Waals surface area contributed by atoms with Crippen LogP contribution in [-0.4, -0.2) is 48.8 Å². The van der Waals surface area contributed by atoms with Gasteiger partial charge >= 0.3 is 6.03 Å². The van der Waals surface area contributed by atoms with E-state index < -0.39 is 0 Å². The molecule has 0 bridgehead atoms. The van der Waals surface area contributed by atoms with E-state index in [1.807, 2.05) is 53.0 Å². The second-order valence-corrected chi connectivity index (χ2v) is 6.82. The number of benzene rings is 1. The van der Waals surface area contributed by atoms with Crippen molar-refractivity contribution in [2.75, 3.05) is 13.1 Å². The number of nitrogens with one attached hydrogen (secondary N) is 2. The number of amides is 2. The van der Waals surface area contributed by atoms with Gasteiger partial charge in [0.2, 0.25) is 0 Å². The highest BCUT2D eigenvalue weighted by atomic mass is 16.2. The van der Waals surface area contributed by atoms with E-state index in [2.05, 4.69) is 25.5 Å². The van der Waals surface area contributed by atoms with Gasteiger partial charge in [0.25, 0.3) is 0 Å². The molecule has 0 spiro atoms. The fourth-order valence-electron chi connectivity index (χ4n) is 3.58. The van der Waals surface area contributed by atoms with Crippen molar-refractivity contribution in [3.05, 3.63) is 66.3 Å². The van der Waals surface area contributed by atoms with Crippen LogP contribution in [0.1, 0.15) is 42.0 Å². The zero-order chi connectivity index (χ0) is 18.6. The molecule has 1 unspecified atom stereocenters. The quantitative estimate of drug-likeness (QED) is 0.741. The molecule has 1 aliphatic heterocycles. The van der Waals surface area contributed by atoms with E-state index in [-0.39, 0.29) is 12.1 Å². The van der Waals surface area contributed by atoms with Crippen LogP contribution in [0.3, 0.4) is 0 Å². The van der Waals surface area contributed by atoms with E-state index >= 15 is 0 Å². The summed E-state index contributed by atoms with van der Waals surface area (Å²) in [7, 11) is 1.94. The number of aromatic amines is 1. The minimum Gasteiger partial charge on any atom is -0.336 e. The number of rotatable bonds is 4. The number of hydrogen-bond acceptors (Lipinski definition) is 4. The number of nitrogens with zero attached hydrogens (tertiary/aromatic N) is 5. The van der Waals surface area contributed by atoms with Crippen molar-refractivity contribution in [1.82, 2.24) is 34.9 Å². The summed E-state index contributed by atoms with van der Waals surface area (Å²) in [5.74, 6) is 2.05. The number of H-pyrrole nitrogens is 1. The molecule has 3 aromatic rings. The summed E-state index contributed by atoms with van der Waals surface area (Å²) in [6.45, 7) is 1.39. The molecule has 2 amide bonds. The average molecular weight is 365 g/mol. The Morgan fingerprint density at radius 1 is 1.22 bits per heavy atom. The fraction of sp³-hybridized carbons (Fsp3) is 0.368. The lowest BCUT2D eigenvalue weighted by Gasteiger charge is -2.32. The summed E-state index contributed by atoms with van der Waals surface area (Å²) in [4.78, 5) is 23.5. The maximum Gasteiger partial charge on any atom is 0.318 e. The molecular formula is C19H23N7O. The highest BCUT2D eigenvalue weighted by Gasteiger charge is 2.28. The highest BCUT2D eigenvalue weighted by molar-refractivity contribution is 5.75. The zero-order valence-electron chi connectivity index (χ0n) is 15.2. The number of carbonyl (C=O) groups is 1. The number of carbonyl (C=O) groups excluding carboxylic acids is 1. The van der Waals surface area contributed by atoms with Crippen molar-refractivity contribution >= 4 is 6.03 Å². The highest BCUT2D eigenvalue weighted by Crippen LogP contribution is 2.26. The molecule has 1 atom stereocenters. The topological polar surface area (TPSA) is 91.7 Å². The summed E-state index contributed by atoms with van der Waals surface area (Å²) in [6, 6.07) is 9.58. The largest absolute Gasteiger partial charge is 0.336 e. The molecule has 0 radical (unpaired) electrons. The molecule has 4 rings (SSSR count). The monoisotopic (exact) mass is 365 g/mol. The first-order valence-corrected chi connectivity index (χ1v) is 9.15. The van der Waals surface area contributed by atoms with Crippen LogP contribution in [0.2, 0.25) is 0 Å². The first-order chi connectivity index (χ1) is 13.2. The molecule has 1 aliphatic rings. The van der Waals surface area contributed by atoms with Gasteiger partial charge in [-0.25, -0.2) is 14.8 Å². The van der Waals surface area contributed by atoms with Gasteiger partial charge in [-0.1, -0.05) is 30.3 Å². The second kappa shape index (κ2) is 7.61. The Bertz CT molecular complexity index is 867. The van der Waals surface area contributed by atoms with Crippen LogP contribution < -0.4 is 5.32 Å². The van der Waals surface area contributed by atoms with Crippen LogP contribution in [0.25, 0.3) is 0 Å². The summed E-state index contributed by atoms with van der Waals surface area (Å²) >= 11 is 0. The van der Waals surface area contributed by atoms with Crippen molar-refractivity contribution in [2.24, 2.45) is 7.05 Å². The molecule has 27 heavy (non-hydrogen) atoms. The fourth-order valence-corrected chi connectivity index (χ4v) is 3.58. The number of likely N-dealkylation sites (tertiary alicyclic amines) is 1. The van der Waals surface area contributed by atoms with Gasteiger partial charge in [-0.2, -0.15) is 5.10 Å². The maximum atomic E-state index is 12.9. The Labute approximate surface area is 157 Å². The van der Waals surface area contributed by atoms with Crippen LogP contribution in [0.5, 0.6) is 0 Å². The van der Waals surface area contributed by atoms with Crippen molar-refractivity contribution in [3.63, 3.8) is 0 Å². The second-order valence-electron chi connectivity index (χ2n) is 6.82. The van der Waals surface area contributed by atoms with Gasteiger partial charge < -0.3 is 14.8 Å². The molecule has 0 aliphatic carbocycles. The molecule has 2 aromatic heterocycles. The molecular weight excluding hydrogens is 342 g/mol. The Morgan fingerprint density at radius 2 is 2.00 bits per heavy atom. The lowest BCUT2D eigenvalue weighted by atomic mass is 9.96. The van der Waals surface area contributed by atoms with Gasteiger partial charge in [0.05, 0.1) is 0 Å². The third-order valence-electron chi connectivity index (χ3n) is 5.12. The maximum absolute atomic E-state index is 12.9. The standard InChI is InChI=1S/C19H23N7O/c1-25-12-9-20-18(25)16(14-5-3-2-4-6-14)23-19(27)26-10-7-15(8-11-26)17-21-13-22-24-17/h2-6,9,12-13,15-16H,7-8,10-11H2,1H3,(H,23,27)(H,21,22,24). The average Bonchev–Trinajstić information content (AvgIpc) is 3.39. The number of piperidine rings is 1. The third kappa shape index (κ3) is 3.69. The van der Waals surface area contributed by atoms with E-state index in [4.69, 9.17) is 0 Å². The van der Waals surface area contributed by atoms with Gasteiger partial charge in [-0.15, -0.1) is 0 Å². The lowest BCUT2D eigenvalue weighted by Crippen LogP contribution is -2.46. The predicted octanol–water partition coefficient (Wildman–Crippen LogP) is 2.22. The Hall–Kier alpha value is -3.16. The zero-order valence-corrected chi connectivity index (χ0v) is 15.2. The summed E-state index contributed by atoms with van der Waals surface area (Å²) in [5, 5.41) is 10.0. The van der Waals surface area contributed by atoms with E-state index in [0.717, 1.165) is 30.1 Å². The third-order valence-corrected chi connectivity index (χ3v) is 5.12. The number of hydrogen-bond donors (Lipinski definition) is 2. The van der Waals surface area contributed by atoms with Crippen LogP contribution in [0.4, 0.5) is 4.79 Å². The number of imidazole rings is 1. The number of aryl methyl sites for hydroxylation is 1. The summed E-state index contributed by atoms with van der Waals surface area (Å²) in [5.41, 5.74) is 1.01. The van der Waals surface area contributed by atoms with Crippen molar-refractivity contribution in [3.8, 4) is 0 Å². The first-order valence-electron chi connectivity index (χ1n) is 9.15. The molecule has 8 heteroatoms. The predicted molar refractivity (Wildman–Crippen MR) is 100.0 cm³/mol. The van der Waals surface area contributed by atoms with Crippen LogP contribution in [-0.2, 0) is 7.05 Å². The van der Waals surface area contributed by atoms with Crippen molar-refractivity contribution in [2.45, 2.75) is 24.8 Å². The van der Waals surface area contributed by atoms with E-state index in [0.29, 0.717) is 19.0 Å². The number of aromatic nitrogens is 5. The lowest BCUT2D eigenvalue weighted by molar-refractivity contribution is 0.177. The molecule has 8 nitrogen and oxygen atoms in total. The number of urea groups is 1. The van der Waals surface area contributed by atoms with Crippen LogP contribution >= 0.6 is 0 Å². The van der Waals surface area contributed by atoms with Crippen molar-refractivity contribution in [1.29, 1.82) is 0 Å². The minimum atomic E-state index is -0.286. The molecule has 1 saturated heterocycles. The van der Waals surface area contributed by atoms with Gasteiger partial charge in [-0.3, -0.25) is 5.10 Å². The van der Waals surface area contributed by atoms with Gasteiger partial charge in [0, 0.05) is 38.4 Å². The Morgan fingerprint density at radius 3 is 2.63 bits per heavy atom. The van der Waals surface area contributed by atoms with Gasteiger partial charge in [-0.05, 0) is 18.4 Å².